The van der Waals surface area contributed by atoms with E-state index < -0.39 is 15.9 Å². The van der Waals surface area contributed by atoms with Crippen LogP contribution >= 0.6 is 34.5 Å². The van der Waals surface area contributed by atoms with Crippen LogP contribution in [0.4, 0.5) is 5.13 Å². The van der Waals surface area contributed by atoms with Gasteiger partial charge in [0.25, 0.3) is 5.91 Å². The molecule has 11 heteroatoms. The first-order chi connectivity index (χ1) is 14.8. The summed E-state index contributed by atoms with van der Waals surface area (Å²) in [4.78, 5) is 17.2. The molecule has 1 saturated heterocycles. The summed E-state index contributed by atoms with van der Waals surface area (Å²) < 4.78 is 32.3. The standard InChI is InChI=1S/C20H17Cl2N3O4S2/c21-14-4-5-17(22)16(11-14)18-12-30-20(23-18)24-19(26)13-2-1-3-15(10-13)31(27,28)25-6-8-29-9-7-25/h1-5,10-12H,6-9H2,(H,23,24,26). The number of halogens is 2. The third-order valence-electron chi connectivity index (χ3n) is 4.63. The van der Waals surface area contributed by atoms with Gasteiger partial charge in [0.15, 0.2) is 5.13 Å². The maximum atomic E-state index is 12.8. The van der Waals surface area contributed by atoms with Crippen LogP contribution in [0.5, 0.6) is 0 Å². The Morgan fingerprint density at radius 2 is 1.90 bits per heavy atom. The van der Waals surface area contributed by atoms with Gasteiger partial charge in [0.2, 0.25) is 10.0 Å². The van der Waals surface area contributed by atoms with Crippen molar-refractivity contribution in [2.24, 2.45) is 0 Å². The van der Waals surface area contributed by atoms with Crippen LogP contribution in [-0.2, 0) is 14.8 Å². The molecule has 0 bridgehead atoms. The molecule has 0 saturated carbocycles. The van der Waals surface area contributed by atoms with E-state index in [-0.39, 0.29) is 23.5 Å². The Morgan fingerprint density at radius 3 is 2.68 bits per heavy atom. The van der Waals surface area contributed by atoms with Gasteiger partial charge in [0, 0.05) is 34.6 Å². The maximum Gasteiger partial charge on any atom is 0.257 e. The summed E-state index contributed by atoms with van der Waals surface area (Å²) in [6, 6.07) is 11.0. The van der Waals surface area contributed by atoms with Gasteiger partial charge in [-0.25, -0.2) is 13.4 Å². The summed E-state index contributed by atoms with van der Waals surface area (Å²) in [5.74, 6) is -0.461. The Kier molecular flexibility index (Phi) is 6.61. The van der Waals surface area contributed by atoms with Crippen molar-refractivity contribution in [1.82, 2.24) is 9.29 Å². The Balaban J connectivity index is 1.53. The predicted octanol–water partition coefficient (Wildman–Crippen LogP) is 4.39. The van der Waals surface area contributed by atoms with E-state index in [1.54, 1.807) is 35.7 Å². The highest BCUT2D eigenvalue weighted by Crippen LogP contribution is 2.32. The van der Waals surface area contributed by atoms with Crippen LogP contribution < -0.4 is 5.32 Å². The van der Waals surface area contributed by atoms with Crippen LogP contribution in [0.25, 0.3) is 11.3 Å². The lowest BCUT2D eigenvalue weighted by Crippen LogP contribution is -2.40. The smallest absolute Gasteiger partial charge is 0.257 e. The van der Waals surface area contributed by atoms with Crippen LogP contribution in [0.15, 0.2) is 52.7 Å². The first-order valence-electron chi connectivity index (χ1n) is 9.25. The first-order valence-corrected chi connectivity index (χ1v) is 12.3. The zero-order chi connectivity index (χ0) is 22.0. The molecule has 3 aromatic rings. The van der Waals surface area contributed by atoms with Gasteiger partial charge in [0.1, 0.15) is 0 Å². The fourth-order valence-electron chi connectivity index (χ4n) is 3.05. The molecule has 2 heterocycles. The van der Waals surface area contributed by atoms with Crippen molar-refractivity contribution in [3.8, 4) is 11.3 Å². The Labute approximate surface area is 193 Å². The lowest BCUT2D eigenvalue weighted by Gasteiger charge is -2.26. The number of nitrogens with zero attached hydrogens (tertiary/aromatic N) is 2. The number of hydrogen-bond donors (Lipinski definition) is 1. The second kappa shape index (κ2) is 9.23. The van der Waals surface area contributed by atoms with Crippen LogP contribution in [-0.4, -0.2) is 49.9 Å². The number of hydrogen-bond acceptors (Lipinski definition) is 6. The van der Waals surface area contributed by atoms with E-state index in [1.165, 1.54) is 27.8 Å². The van der Waals surface area contributed by atoms with Gasteiger partial charge < -0.3 is 4.74 Å². The molecular formula is C20H17Cl2N3O4S2. The Morgan fingerprint density at radius 1 is 1.13 bits per heavy atom. The molecule has 1 aromatic heterocycles. The van der Waals surface area contributed by atoms with Crippen molar-refractivity contribution in [2.75, 3.05) is 31.6 Å². The van der Waals surface area contributed by atoms with Gasteiger partial charge in [0.05, 0.1) is 28.8 Å². The molecule has 2 aromatic carbocycles. The van der Waals surface area contributed by atoms with Crippen LogP contribution in [0.1, 0.15) is 10.4 Å². The normalized spacial score (nSPS) is 15.0. The molecular weight excluding hydrogens is 481 g/mol. The van der Waals surface area contributed by atoms with Crippen molar-refractivity contribution < 1.29 is 17.9 Å². The second-order valence-electron chi connectivity index (χ2n) is 6.66. The highest BCUT2D eigenvalue weighted by Gasteiger charge is 2.27. The molecule has 4 rings (SSSR count). The summed E-state index contributed by atoms with van der Waals surface area (Å²) in [6.07, 6.45) is 0. The number of benzene rings is 2. The molecule has 7 nitrogen and oxygen atoms in total. The SMILES string of the molecule is O=C(Nc1nc(-c2cc(Cl)ccc2Cl)cs1)c1cccc(S(=O)(=O)N2CCOCC2)c1. The minimum absolute atomic E-state index is 0.0626. The van der Waals surface area contributed by atoms with Gasteiger partial charge in [-0.3, -0.25) is 10.1 Å². The van der Waals surface area contributed by atoms with E-state index in [1.807, 2.05) is 0 Å². The van der Waals surface area contributed by atoms with Crippen molar-refractivity contribution in [3.05, 3.63) is 63.5 Å². The fraction of sp³-hybridized carbons (Fsp3) is 0.200. The molecule has 1 aliphatic rings. The van der Waals surface area contributed by atoms with E-state index in [0.29, 0.717) is 39.6 Å². The quantitative estimate of drug-likeness (QED) is 0.564. The largest absolute Gasteiger partial charge is 0.379 e. The third kappa shape index (κ3) is 4.92. The molecule has 0 radical (unpaired) electrons. The lowest BCUT2D eigenvalue weighted by molar-refractivity contribution is 0.0730. The topological polar surface area (TPSA) is 88.6 Å². The molecule has 162 valence electrons. The molecule has 1 fully saturated rings. The molecule has 0 spiro atoms. The summed E-state index contributed by atoms with van der Waals surface area (Å²) in [5, 5.41) is 5.84. The molecule has 1 amide bonds. The van der Waals surface area contributed by atoms with E-state index in [0.717, 1.165) is 0 Å². The minimum atomic E-state index is -3.70. The predicted molar refractivity (Wildman–Crippen MR) is 122 cm³/mol. The van der Waals surface area contributed by atoms with E-state index in [2.05, 4.69) is 10.3 Å². The fourth-order valence-corrected chi connectivity index (χ4v) is 5.60. The van der Waals surface area contributed by atoms with E-state index in [4.69, 9.17) is 27.9 Å². The number of carbonyl (C=O) groups is 1. The average molecular weight is 498 g/mol. The molecule has 0 unspecified atom stereocenters. The van der Waals surface area contributed by atoms with Gasteiger partial charge in [-0.15, -0.1) is 11.3 Å². The number of amides is 1. The molecule has 31 heavy (non-hydrogen) atoms. The number of nitrogens with one attached hydrogen (secondary N) is 1. The lowest BCUT2D eigenvalue weighted by atomic mass is 10.2. The number of thiazole rings is 1. The zero-order valence-electron chi connectivity index (χ0n) is 16.0. The van der Waals surface area contributed by atoms with Crippen molar-refractivity contribution in [1.29, 1.82) is 0 Å². The van der Waals surface area contributed by atoms with Crippen LogP contribution in [0.3, 0.4) is 0 Å². The molecule has 1 aliphatic heterocycles. The Bertz CT molecular complexity index is 1220. The number of rotatable bonds is 5. The monoisotopic (exact) mass is 497 g/mol. The number of ether oxygens (including phenoxy) is 1. The van der Waals surface area contributed by atoms with Crippen molar-refractivity contribution in [3.63, 3.8) is 0 Å². The first kappa shape index (κ1) is 22.2. The summed E-state index contributed by atoms with van der Waals surface area (Å²) in [5.41, 5.74) is 1.45. The van der Waals surface area contributed by atoms with Gasteiger partial charge in [-0.05, 0) is 36.4 Å². The van der Waals surface area contributed by atoms with Gasteiger partial charge in [-0.1, -0.05) is 29.3 Å². The summed E-state index contributed by atoms with van der Waals surface area (Å²) in [7, 11) is -3.70. The van der Waals surface area contributed by atoms with Crippen LogP contribution in [0.2, 0.25) is 10.0 Å². The van der Waals surface area contributed by atoms with E-state index in [9.17, 15) is 13.2 Å². The molecule has 0 aliphatic carbocycles. The van der Waals surface area contributed by atoms with Crippen LogP contribution in [0, 0.1) is 0 Å². The Hall–Kier alpha value is -2.01. The number of anilines is 1. The molecule has 1 N–H and O–H groups in total. The number of aromatic nitrogens is 1. The highest BCUT2D eigenvalue weighted by atomic mass is 35.5. The van der Waals surface area contributed by atoms with E-state index >= 15 is 0 Å². The van der Waals surface area contributed by atoms with Gasteiger partial charge >= 0.3 is 0 Å². The van der Waals surface area contributed by atoms with Gasteiger partial charge in [-0.2, -0.15) is 4.31 Å². The summed E-state index contributed by atoms with van der Waals surface area (Å²) >= 11 is 13.5. The third-order valence-corrected chi connectivity index (χ3v) is 7.85. The maximum absolute atomic E-state index is 12.8. The summed E-state index contributed by atoms with van der Waals surface area (Å²) in [6.45, 7) is 1.27. The number of sulfonamides is 1. The number of carbonyl (C=O) groups excluding carboxylic acids is 1. The number of morpholine rings is 1. The minimum Gasteiger partial charge on any atom is -0.379 e. The second-order valence-corrected chi connectivity index (χ2v) is 10.3. The van der Waals surface area contributed by atoms with Crippen molar-refractivity contribution in [2.45, 2.75) is 4.90 Å². The van der Waals surface area contributed by atoms with Crippen molar-refractivity contribution >= 4 is 55.6 Å². The zero-order valence-corrected chi connectivity index (χ0v) is 19.2. The highest BCUT2D eigenvalue weighted by molar-refractivity contribution is 7.89. The molecule has 0 atom stereocenters. The average Bonchev–Trinajstić information content (AvgIpc) is 3.24.